The Balaban J connectivity index is 1.22. The Bertz CT molecular complexity index is 1340. The number of amides is 1. The van der Waals surface area contributed by atoms with E-state index in [1.54, 1.807) is 5.06 Å². The average Bonchev–Trinajstić information content (AvgIpc) is 3.28. The predicted molar refractivity (Wildman–Crippen MR) is 148 cm³/mol. The standard InChI is InChI=1S/C29H38N6O4/c1-4-24-33-25-19(2)17-20(3)31-26(25)35(24)18-21-5-7-22(8-6-21)32-23-9-11-29(12-10-23,27(30)36)28(37)39-34-13-15-38-16-14-34/h5-8,17,23,32H,4,9-16,18H2,1-3H3,(H2,30,36). The van der Waals surface area contributed by atoms with Crippen LogP contribution in [0.5, 0.6) is 0 Å². The summed E-state index contributed by atoms with van der Waals surface area (Å²) in [5.74, 6) is -0.124. The molecule has 5 rings (SSSR count). The van der Waals surface area contributed by atoms with Gasteiger partial charge in [-0.25, -0.2) is 14.8 Å². The number of morpholine rings is 1. The van der Waals surface area contributed by atoms with Crippen molar-refractivity contribution in [3.05, 3.63) is 53.0 Å². The molecule has 1 aromatic carbocycles. The maximum absolute atomic E-state index is 13.0. The second kappa shape index (κ2) is 11.3. The van der Waals surface area contributed by atoms with E-state index in [1.165, 1.54) is 0 Å². The fraction of sp³-hybridized carbons (Fsp3) is 0.517. The number of carbonyl (C=O) groups excluding carboxylic acids is 2. The van der Waals surface area contributed by atoms with Crippen LogP contribution in [0.25, 0.3) is 11.2 Å². The molecule has 0 spiro atoms. The van der Waals surface area contributed by atoms with Crippen LogP contribution in [0, 0.1) is 19.3 Å². The summed E-state index contributed by atoms with van der Waals surface area (Å²) in [6.07, 6.45) is 2.85. The van der Waals surface area contributed by atoms with Gasteiger partial charge in [0.1, 0.15) is 16.8 Å². The maximum atomic E-state index is 13.0. The van der Waals surface area contributed by atoms with Gasteiger partial charge < -0.3 is 25.2 Å². The Morgan fingerprint density at radius 3 is 2.46 bits per heavy atom. The number of fused-ring (bicyclic) bond motifs is 1. The summed E-state index contributed by atoms with van der Waals surface area (Å²) in [6.45, 7) is 8.90. The van der Waals surface area contributed by atoms with E-state index in [0.29, 0.717) is 58.5 Å². The molecule has 1 amide bonds. The number of anilines is 1. The van der Waals surface area contributed by atoms with Crippen molar-refractivity contribution in [3.8, 4) is 0 Å². The zero-order valence-electron chi connectivity index (χ0n) is 23.0. The highest BCUT2D eigenvalue weighted by Crippen LogP contribution is 2.39. The smallest absolute Gasteiger partial charge is 0.340 e. The highest BCUT2D eigenvalue weighted by atomic mass is 16.7. The summed E-state index contributed by atoms with van der Waals surface area (Å²) in [6, 6.07) is 10.6. The van der Waals surface area contributed by atoms with Crippen LogP contribution in [-0.4, -0.2) is 63.8 Å². The van der Waals surface area contributed by atoms with Gasteiger partial charge in [-0.3, -0.25) is 4.79 Å². The molecule has 0 bridgehead atoms. The number of carbonyl (C=O) groups is 2. The van der Waals surface area contributed by atoms with Crippen molar-refractivity contribution in [2.24, 2.45) is 11.1 Å². The lowest BCUT2D eigenvalue weighted by Gasteiger charge is -2.37. The molecule has 1 saturated heterocycles. The van der Waals surface area contributed by atoms with Crippen molar-refractivity contribution in [1.29, 1.82) is 0 Å². The van der Waals surface area contributed by atoms with Gasteiger partial charge in [0, 0.05) is 23.8 Å². The monoisotopic (exact) mass is 534 g/mol. The minimum Gasteiger partial charge on any atom is -0.382 e. The SMILES string of the molecule is CCc1nc2c(C)cc(C)nc2n1Cc1ccc(NC2CCC(C(N)=O)(C(=O)ON3CCOCC3)CC2)cc1. The number of imidazole rings is 1. The number of benzene rings is 1. The number of aryl methyl sites for hydroxylation is 3. The second-order valence-electron chi connectivity index (χ2n) is 10.7. The number of nitrogens with one attached hydrogen (secondary N) is 1. The lowest BCUT2D eigenvalue weighted by atomic mass is 9.72. The van der Waals surface area contributed by atoms with Gasteiger partial charge in [0.05, 0.1) is 32.8 Å². The molecule has 3 aromatic rings. The number of pyridine rings is 1. The lowest BCUT2D eigenvalue weighted by Crippen LogP contribution is -2.51. The summed E-state index contributed by atoms with van der Waals surface area (Å²) < 4.78 is 7.51. The minimum absolute atomic E-state index is 0.138. The Labute approximate surface area is 228 Å². The van der Waals surface area contributed by atoms with E-state index in [-0.39, 0.29) is 6.04 Å². The third-order valence-corrected chi connectivity index (χ3v) is 7.97. The van der Waals surface area contributed by atoms with E-state index in [1.807, 2.05) is 6.92 Å². The van der Waals surface area contributed by atoms with E-state index in [4.69, 9.17) is 25.3 Å². The number of hydrogen-bond acceptors (Lipinski definition) is 8. The van der Waals surface area contributed by atoms with E-state index >= 15 is 0 Å². The first-order valence-corrected chi connectivity index (χ1v) is 13.8. The number of hydrogen-bond donors (Lipinski definition) is 2. The van der Waals surface area contributed by atoms with Crippen molar-refractivity contribution < 1.29 is 19.2 Å². The zero-order chi connectivity index (χ0) is 27.6. The molecule has 10 nitrogen and oxygen atoms in total. The molecular formula is C29H38N6O4. The third kappa shape index (κ3) is 5.62. The molecule has 2 fully saturated rings. The van der Waals surface area contributed by atoms with Crippen LogP contribution in [0.3, 0.4) is 0 Å². The zero-order valence-corrected chi connectivity index (χ0v) is 23.0. The number of nitrogens with zero attached hydrogens (tertiary/aromatic N) is 4. The number of nitrogens with two attached hydrogens (primary N) is 1. The van der Waals surface area contributed by atoms with Crippen LogP contribution in [0.15, 0.2) is 30.3 Å². The molecule has 208 valence electrons. The first kappa shape index (κ1) is 27.1. The fourth-order valence-corrected chi connectivity index (χ4v) is 5.66. The molecule has 2 aliphatic rings. The number of rotatable bonds is 8. The first-order chi connectivity index (χ1) is 18.8. The van der Waals surface area contributed by atoms with Gasteiger partial charge >= 0.3 is 5.97 Å². The van der Waals surface area contributed by atoms with Gasteiger partial charge in [-0.05, 0) is 68.9 Å². The molecule has 0 atom stereocenters. The van der Waals surface area contributed by atoms with Gasteiger partial charge in [0.2, 0.25) is 5.91 Å². The Morgan fingerprint density at radius 1 is 1.13 bits per heavy atom. The Kier molecular flexibility index (Phi) is 7.86. The van der Waals surface area contributed by atoms with E-state index < -0.39 is 17.3 Å². The Morgan fingerprint density at radius 2 is 1.82 bits per heavy atom. The van der Waals surface area contributed by atoms with E-state index in [9.17, 15) is 9.59 Å². The van der Waals surface area contributed by atoms with E-state index in [0.717, 1.165) is 45.9 Å². The predicted octanol–water partition coefficient (Wildman–Crippen LogP) is 3.28. The summed E-state index contributed by atoms with van der Waals surface area (Å²) in [5.41, 5.74) is 10.7. The highest BCUT2D eigenvalue weighted by molar-refractivity contribution is 6.02. The molecule has 0 radical (unpaired) electrons. The molecule has 1 saturated carbocycles. The van der Waals surface area contributed by atoms with Gasteiger partial charge in [0.25, 0.3) is 0 Å². The highest BCUT2D eigenvalue weighted by Gasteiger charge is 2.49. The molecule has 1 aliphatic carbocycles. The average molecular weight is 535 g/mol. The van der Waals surface area contributed by atoms with Gasteiger partial charge in [-0.2, -0.15) is 0 Å². The van der Waals surface area contributed by atoms with Crippen LogP contribution in [0.4, 0.5) is 5.69 Å². The number of ether oxygens (including phenoxy) is 1. The maximum Gasteiger partial charge on any atom is 0.340 e. The number of hydroxylamine groups is 2. The summed E-state index contributed by atoms with van der Waals surface area (Å²) >= 11 is 0. The van der Waals surface area contributed by atoms with Crippen LogP contribution >= 0.6 is 0 Å². The normalized spacial score (nSPS) is 22.1. The largest absolute Gasteiger partial charge is 0.382 e. The van der Waals surface area contributed by atoms with Crippen molar-refractivity contribution in [2.45, 2.75) is 65.5 Å². The molecule has 39 heavy (non-hydrogen) atoms. The van der Waals surface area contributed by atoms with Crippen LogP contribution < -0.4 is 11.1 Å². The van der Waals surface area contributed by atoms with Crippen molar-refractivity contribution in [1.82, 2.24) is 19.6 Å². The molecule has 3 heterocycles. The van der Waals surface area contributed by atoms with Crippen molar-refractivity contribution in [3.63, 3.8) is 0 Å². The molecular weight excluding hydrogens is 496 g/mol. The topological polar surface area (TPSA) is 125 Å². The summed E-state index contributed by atoms with van der Waals surface area (Å²) in [4.78, 5) is 40.6. The third-order valence-electron chi connectivity index (χ3n) is 7.97. The van der Waals surface area contributed by atoms with Crippen LogP contribution in [0.1, 0.15) is 55.3 Å². The van der Waals surface area contributed by atoms with Gasteiger partial charge in [-0.15, -0.1) is 5.06 Å². The minimum atomic E-state index is -1.28. The van der Waals surface area contributed by atoms with Gasteiger partial charge in [0.15, 0.2) is 5.65 Å². The molecule has 10 heteroatoms. The van der Waals surface area contributed by atoms with Gasteiger partial charge in [-0.1, -0.05) is 19.1 Å². The van der Waals surface area contributed by atoms with E-state index in [2.05, 4.69) is 54.1 Å². The van der Waals surface area contributed by atoms with Crippen molar-refractivity contribution >= 4 is 28.7 Å². The first-order valence-electron chi connectivity index (χ1n) is 13.8. The molecule has 3 N–H and O–H groups in total. The Hall–Kier alpha value is -3.50. The molecule has 0 unspecified atom stereocenters. The lowest BCUT2D eigenvalue weighted by molar-refractivity contribution is -0.217. The molecule has 1 aliphatic heterocycles. The summed E-state index contributed by atoms with van der Waals surface area (Å²) in [7, 11) is 0. The molecule has 2 aromatic heterocycles. The van der Waals surface area contributed by atoms with Crippen LogP contribution in [-0.2, 0) is 32.1 Å². The number of primary amides is 1. The second-order valence-corrected chi connectivity index (χ2v) is 10.7. The quantitative estimate of drug-likeness (QED) is 0.422. The van der Waals surface area contributed by atoms with Crippen LogP contribution in [0.2, 0.25) is 0 Å². The number of aromatic nitrogens is 3. The summed E-state index contributed by atoms with van der Waals surface area (Å²) in [5, 5.41) is 5.13. The van der Waals surface area contributed by atoms with Crippen molar-refractivity contribution in [2.75, 3.05) is 31.6 Å². The fourth-order valence-electron chi connectivity index (χ4n) is 5.66.